The normalized spacial score (nSPS) is 15.1. The van der Waals surface area contributed by atoms with Crippen molar-refractivity contribution in [1.82, 2.24) is 4.90 Å². The summed E-state index contributed by atoms with van der Waals surface area (Å²) in [4.78, 5) is 27.5. The molecule has 0 unspecified atom stereocenters. The Balaban J connectivity index is 1.55. The maximum Gasteiger partial charge on any atom is 0.339 e. The second-order valence-electron chi connectivity index (χ2n) is 8.74. The lowest BCUT2D eigenvalue weighted by molar-refractivity contribution is -0.123. The standard InChI is InChI=1S/C29H23NO5S2/c1-19-11-14-23(15-12-19)37(33,34)35-26-16-13-21-8-5-6-10-24(21)25(26)17-27-28(31)30(29(32)36-27)18-22-9-4-3-7-20(22)2/h3-17H,18H2,1-2H3/b27-17-. The molecule has 4 aromatic carbocycles. The van der Waals surface area contributed by atoms with E-state index in [1.165, 1.54) is 17.0 Å². The first-order valence-electron chi connectivity index (χ1n) is 11.6. The lowest BCUT2D eigenvalue weighted by Gasteiger charge is -2.14. The number of hydrogen-bond donors (Lipinski definition) is 0. The molecule has 0 atom stereocenters. The van der Waals surface area contributed by atoms with Crippen LogP contribution in [0.4, 0.5) is 4.79 Å². The Morgan fingerprint density at radius 2 is 1.57 bits per heavy atom. The van der Waals surface area contributed by atoms with Crippen molar-refractivity contribution in [2.45, 2.75) is 25.3 Å². The summed E-state index contributed by atoms with van der Waals surface area (Å²) in [6.45, 7) is 3.96. The van der Waals surface area contributed by atoms with E-state index >= 15 is 0 Å². The Morgan fingerprint density at radius 3 is 2.32 bits per heavy atom. The lowest BCUT2D eigenvalue weighted by atomic mass is 10.0. The third kappa shape index (κ3) is 5.03. The number of carbonyl (C=O) groups is 2. The molecule has 1 aliphatic heterocycles. The number of hydrogen-bond acceptors (Lipinski definition) is 6. The van der Waals surface area contributed by atoms with E-state index in [0.29, 0.717) is 10.9 Å². The zero-order chi connectivity index (χ0) is 26.2. The van der Waals surface area contributed by atoms with Gasteiger partial charge in [0.2, 0.25) is 0 Å². The van der Waals surface area contributed by atoms with E-state index in [1.54, 1.807) is 30.3 Å². The molecule has 0 radical (unpaired) electrons. The summed E-state index contributed by atoms with van der Waals surface area (Å²) >= 11 is 0.828. The zero-order valence-corrected chi connectivity index (χ0v) is 21.8. The summed E-state index contributed by atoms with van der Waals surface area (Å²) < 4.78 is 31.7. The van der Waals surface area contributed by atoms with Crippen LogP contribution in [-0.2, 0) is 21.5 Å². The number of fused-ring (bicyclic) bond motifs is 1. The molecule has 1 fully saturated rings. The van der Waals surface area contributed by atoms with Crippen molar-refractivity contribution in [3.8, 4) is 5.75 Å². The summed E-state index contributed by atoms with van der Waals surface area (Å²) in [5.74, 6) is -0.358. The average Bonchev–Trinajstić information content (AvgIpc) is 3.14. The summed E-state index contributed by atoms with van der Waals surface area (Å²) in [6, 6.07) is 24.7. The van der Waals surface area contributed by atoms with E-state index in [4.69, 9.17) is 4.18 Å². The molecular formula is C29H23NO5S2. The highest BCUT2D eigenvalue weighted by Gasteiger charge is 2.35. The van der Waals surface area contributed by atoms with Gasteiger partial charge in [0, 0.05) is 5.56 Å². The number of amides is 2. The fraction of sp³-hybridized carbons (Fsp3) is 0.103. The lowest BCUT2D eigenvalue weighted by Crippen LogP contribution is -2.27. The third-order valence-corrected chi connectivity index (χ3v) is 8.33. The van der Waals surface area contributed by atoms with E-state index in [2.05, 4.69) is 0 Å². The van der Waals surface area contributed by atoms with Crippen molar-refractivity contribution in [3.05, 3.63) is 112 Å². The van der Waals surface area contributed by atoms with Gasteiger partial charge in [-0.05, 0) is 71.8 Å². The highest BCUT2D eigenvalue weighted by atomic mass is 32.2. The fourth-order valence-corrected chi connectivity index (χ4v) is 5.86. The SMILES string of the molecule is Cc1ccc(S(=O)(=O)Oc2ccc3ccccc3c2/C=C2\SC(=O)N(Cc3ccccc3C)C2=O)cc1. The minimum atomic E-state index is -4.13. The van der Waals surface area contributed by atoms with Crippen LogP contribution in [0, 0.1) is 13.8 Å². The van der Waals surface area contributed by atoms with E-state index in [0.717, 1.165) is 33.8 Å². The minimum Gasteiger partial charge on any atom is -0.378 e. The first kappa shape index (κ1) is 24.8. The highest BCUT2D eigenvalue weighted by molar-refractivity contribution is 8.18. The molecule has 6 nitrogen and oxygen atoms in total. The van der Waals surface area contributed by atoms with Gasteiger partial charge in [0.05, 0.1) is 11.4 Å². The molecule has 0 N–H and O–H groups in total. The molecule has 0 spiro atoms. The molecule has 4 aromatic rings. The maximum absolute atomic E-state index is 13.3. The molecule has 0 aliphatic carbocycles. The van der Waals surface area contributed by atoms with Gasteiger partial charge in [-0.15, -0.1) is 0 Å². The Hall–Kier alpha value is -3.88. The average molecular weight is 530 g/mol. The maximum atomic E-state index is 13.3. The Bertz CT molecular complexity index is 1670. The molecule has 186 valence electrons. The molecule has 0 aromatic heterocycles. The van der Waals surface area contributed by atoms with Crippen LogP contribution in [-0.4, -0.2) is 24.5 Å². The van der Waals surface area contributed by atoms with Gasteiger partial charge >= 0.3 is 10.1 Å². The summed E-state index contributed by atoms with van der Waals surface area (Å²) in [6.07, 6.45) is 1.55. The Morgan fingerprint density at radius 1 is 0.865 bits per heavy atom. The molecule has 5 rings (SSSR count). The van der Waals surface area contributed by atoms with Crippen molar-refractivity contribution >= 4 is 49.9 Å². The van der Waals surface area contributed by atoms with Crippen LogP contribution >= 0.6 is 11.8 Å². The zero-order valence-electron chi connectivity index (χ0n) is 20.2. The van der Waals surface area contributed by atoms with Gasteiger partial charge in [0.15, 0.2) is 5.75 Å². The van der Waals surface area contributed by atoms with Crippen LogP contribution in [0.5, 0.6) is 5.75 Å². The van der Waals surface area contributed by atoms with Gasteiger partial charge in [-0.1, -0.05) is 72.3 Å². The van der Waals surface area contributed by atoms with E-state index in [9.17, 15) is 18.0 Å². The van der Waals surface area contributed by atoms with Gasteiger partial charge < -0.3 is 4.18 Å². The van der Waals surface area contributed by atoms with Gasteiger partial charge in [-0.2, -0.15) is 8.42 Å². The summed E-state index contributed by atoms with van der Waals surface area (Å²) in [7, 11) is -4.13. The predicted molar refractivity (Wildman–Crippen MR) is 146 cm³/mol. The Labute approximate surface area is 219 Å². The van der Waals surface area contributed by atoms with Crippen molar-refractivity contribution in [2.75, 3.05) is 0 Å². The second kappa shape index (κ2) is 9.88. The van der Waals surface area contributed by atoms with Gasteiger partial charge in [-0.25, -0.2) is 0 Å². The summed E-state index contributed by atoms with van der Waals surface area (Å²) in [5.41, 5.74) is 3.20. The smallest absolute Gasteiger partial charge is 0.339 e. The topological polar surface area (TPSA) is 80.8 Å². The monoisotopic (exact) mass is 529 g/mol. The molecule has 2 amide bonds. The molecule has 8 heteroatoms. The van der Waals surface area contributed by atoms with Crippen LogP contribution < -0.4 is 4.18 Å². The summed E-state index contributed by atoms with van der Waals surface area (Å²) in [5, 5.41) is 1.16. The number of aryl methyl sites for hydroxylation is 2. The largest absolute Gasteiger partial charge is 0.378 e. The molecule has 37 heavy (non-hydrogen) atoms. The fourth-order valence-electron chi connectivity index (χ4n) is 4.09. The van der Waals surface area contributed by atoms with Crippen LogP contribution in [0.2, 0.25) is 0 Å². The first-order valence-corrected chi connectivity index (χ1v) is 13.8. The molecule has 0 saturated carbocycles. The van der Waals surface area contributed by atoms with Crippen LogP contribution in [0.25, 0.3) is 16.8 Å². The van der Waals surface area contributed by atoms with Gasteiger partial charge in [-0.3, -0.25) is 14.5 Å². The van der Waals surface area contributed by atoms with Crippen LogP contribution in [0.1, 0.15) is 22.3 Å². The minimum absolute atomic E-state index is 0.0239. The van der Waals surface area contributed by atoms with Crippen molar-refractivity contribution in [2.24, 2.45) is 0 Å². The number of benzene rings is 4. The Kier molecular flexibility index (Phi) is 6.62. The first-order chi connectivity index (χ1) is 17.7. The molecular weight excluding hydrogens is 506 g/mol. The quantitative estimate of drug-likeness (QED) is 0.211. The molecule has 0 bridgehead atoms. The van der Waals surface area contributed by atoms with Crippen molar-refractivity contribution in [1.29, 1.82) is 0 Å². The molecule has 1 saturated heterocycles. The van der Waals surface area contributed by atoms with Crippen molar-refractivity contribution < 1.29 is 22.2 Å². The van der Waals surface area contributed by atoms with Gasteiger partial charge in [0.1, 0.15) is 4.90 Å². The number of nitrogens with zero attached hydrogens (tertiary/aromatic N) is 1. The van der Waals surface area contributed by atoms with Crippen LogP contribution in [0.15, 0.2) is 94.7 Å². The number of carbonyl (C=O) groups excluding carboxylic acids is 2. The third-order valence-electron chi connectivity index (χ3n) is 6.18. The highest BCUT2D eigenvalue weighted by Crippen LogP contribution is 2.38. The van der Waals surface area contributed by atoms with E-state index < -0.39 is 16.0 Å². The number of imide groups is 1. The van der Waals surface area contributed by atoms with Crippen molar-refractivity contribution in [3.63, 3.8) is 0 Å². The number of rotatable bonds is 6. The van der Waals surface area contributed by atoms with E-state index in [1.807, 2.05) is 62.4 Å². The second-order valence-corrected chi connectivity index (χ2v) is 11.3. The molecule has 1 heterocycles. The predicted octanol–water partition coefficient (Wildman–Crippen LogP) is 6.46. The number of thioether (sulfide) groups is 1. The van der Waals surface area contributed by atoms with Crippen LogP contribution in [0.3, 0.4) is 0 Å². The van der Waals surface area contributed by atoms with Gasteiger partial charge in [0.25, 0.3) is 11.1 Å². The van der Waals surface area contributed by atoms with E-state index in [-0.39, 0.29) is 27.3 Å². The molecule has 1 aliphatic rings.